The van der Waals surface area contributed by atoms with Crippen molar-refractivity contribution in [3.8, 4) is 0 Å². The lowest BCUT2D eigenvalue weighted by atomic mass is 10.2. The highest BCUT2D eigenvalue weighted by Crippen LogP contribution is 2.51. The molecule has 1 aromatic carbocycles. The van der Waals surface area contributed by atoms with E-state index in [1.165, 1.54) is 21.1 Å². The van der Waals surface area contributed by atoms with Gasteiger partial charge in [-0.25, -0.2) is 4.79 Å². The smallest absolute Gasteiger partial charge is 0.335 e. The molecule has 5 nitrogen and oxygen atoms in total. The van der Waals surface area contributed by atoms with Gasteiger partial charge >= 0.3 is 13.6 Å². The van der Waals surface area contributed by atoms with Gasteiger partial charge in [-0.1, -0.05) is 30.3 Å². The number of rotatable bonds is 6. The summed E-state index contributed by atoms with van der Waals surface area (Å²) in [6.45, 7) is 1.47. The Kier molecular flexibility index (Phi) is 5.54. The number of hydrogen-bond acceptors (Lipinski definition) is 5. The molecule has 0 amide bonds. The Hall–Kier alpha value is -1.16. The molecular weight excluding hydrogens is 255 g/mol. The van der Waals surface area contributed by atoms with Crippen molar-refractivity contribution in [2.75, 3.05) is 14.2 Å². The third-order valence-corrected chi connectivity index (χ3v) is 4.30. The van der Waals surface area contributed by atoms with Crippen molar-refractivity contribution in [2.45, 2.75) is 19.2 Å². The molecule has 0 aliphatic heterocycles. The number of ether oxygens (including phenoxy) is 1. The topological polar surface area (TPSA) is 61.8 Å². The van der Waals surface area contributed by atoms with E-state index in [0.717, 1.165) is 5.56 Å². The standard InChI is InChI=1S/C12H17O5P/c1-10(12(13)15-2)17-18(14,16-3)9-11-7-5-4-6-8-11/h4-8,10H,9H2,1-3H3/t10-,18?/m0/s1. The first kappa shape index (κ1) is 14.9. The zero-order chi connectivity index (χ0) is 13.6. The molecule has 0 saturated carbocycles. The molecular formula is C12H17O5P. The van der Waals surface area contributed by atoms with Gasteiger partial charge in [-0.2, -0.15) is 0 Å². The van der Waals surface area contributed by atoms with E-state index < -0.39 is 19.7 Å². The average molecular weight is 272 g/mol. The minimum absolute atomic E-state index is 0.117. The summed E-state index contributed by atoms with van der Waals surface area (Å²) in [5, 5.41) is 0. The molecule has 0 spiro atoms. The van der Waals surface area contributed by atoms with Crippen LogP contribution in [0.15, 0.2) is 30.3 Å². The molecule has 0 N–H and O–H groups in total. The monoisotopic (exact) mass is 272 g/mol. The van der Waals surface area contributed by atoms with Gasteiger partial charge < -0.3 is 9.26 Å². The van der Waals surface area contributed by atoms with Crippen molar-refractivity contribution in [1.82, 2.24) is 0 Å². The molecule has 0 bridgehead atoms. The quantitative estimate of drug-likeness (QED) is 0.588. The first-order valence-electron chi connectivity index (χ1n) is 5.45. The Morgan fingerprint density at radius 2 is 1.89 bits per heavy atom. The Morgan fingerprint density at radius 1 is 1.28 bits per heavy atom. The highest BCUT2D eigenvalue weighted by molar-refractivity contribution is 7.53. The van der Waals surface area contributed by atoms with Gasteiger partial charge in [0.15, 0.2) is 6.10 Å². The van der Waals surface area contributed by atoms with Crippen molar-refractivity contribution < 1.29 is 23.1 Å². The predicted molar refractivity (Wildman–Crippen MR) is 67.3 cm³/mol. The molecule has 0 fully saturated rings. The normalized spacial score (nSPS) is 15.7. The van der Waals surface area contributed by atoms with Crippen LogP contribution in [0, 0.1) is 0 Å². The first-order chi connectivity index (χ1) is 8.50. The molecule has 1 unspecified atom stereocenters. The van der Waals surface area contributed by atoms with Gasteiger partial charge in [0, 0.05) is 7.11 Å². The van der Waals surface area contributed by atoms with Crippen LogP contribution in [0.1, 0.15) is 12.5 Å². The predicted octanol–water partition coefficient (Wildman–Crippen LogP) is 2.60. The molecule has 0 aliphatic rings. The van der Waals surface area contributed by atoms with E-state index in [1.807, 2.05) is 30.3 Å². The summed E-state index contributed by atoms with van der Waals surface area (Å²) in [5.74, 6) is -0.583. The molecule has 0 radical (unpaired) electrons. The lowest BCUT2D eigenvalue weighted by molar-refractivity contribution is -0.148. The zero-order valence-electron chi connectivity index (χ0n) is 10.7. The maximum absolute atomic E-state index is 12.3. The second-order valence-electron chi connectivity index (χ2n) is 3.71. The van der Waals surface area contributed by atoms with Crippen LogP contribution in [0.4, 0.5) is 0 Å². The number of methoxy groups -OCH3 is 1. The average Bonchev–Trinajstić information content (AvgIpc) is 2.38. The molecule has 100 valence electrons. The van der Waals surface area contributed by atoms with Gasteiger partial charge in [0.05, 0.1) is 13.3 Å². The van der Waals surface area contributed by atoms with E-state index >= 15 is 0 Å². The van der Waals surface area contributed by atoms with Gasteiger partial charge in [0.1, 0.15) is 0 Å². The van der Waals surface area contributed by atoms with E-state index in [4.69, 9.17) is 9.05 Å². The Morgan fingerprint density at radius 3 is 2.39 bits per heavy atom. The third kappa shape index (κ3) is 4.26. The third-order valence-electron chi connectivity index (χ3n) is 2.35. The molecule has 0 saturated heterocycles. The van der Waals surface area contributed by atoms with Gasteiger partial charge in [-0.3, -0.25) is 9.09 Å². The minimum Gasteiger partial charge on any atom is -0.467 e. The van der Waals surface area contributed by atoms with Crippen LogP contribution in [0.25, 0.3) is 0 Å². The Bertz CT molecular complexity index is 431. The first-order valence-corrected chi connectivity index (χ1v) is 7.18. The van der Waals surface area contributed by atoms with Gasteiger partial charge in [-0.15, -0.1) is 0 Å². The number of hydrogen-bond donors (Lipinski definition) is 0. The van der Waals surface area contributed by atoms with Crippen LogP contribution in [-0.2, 0) is 29.3 Å². The summed E-state index contributed by atoms with van der Waals surface area (Å²) in [6, 6.07) is 9.16. The van der Waals surface area contributed by atoms with Crippen LogP contribution >= 0.6 is 7.60 Å². The van der Waals surface area contributed by atoms with Crippen LogP contribution in [0.2, 0.25) is 0 Å². The van der Waals surface area contributed by atoms with E-state index in [9.17, 15) is 9.36 Å². The molecule has 18 heavy (non-hydrogen) atoms. The van der Waals surface area contributed by atoms with E-state index in [-0.39, 0.29) is 6.16 Å². The van der Waals surface area contributed by atoms with Gasteiger partial charge in [0.25, 0.3) is 0 Å². The number of carbonyl (C=O) groups is 1. The summed E-state index contributed by atoms with van der Waals surface area (Å²) in [4.78, 5) is 11.2. The fourth-order valence-electron chi connectivity index (χ4n) is 1.40. The number of esters is 1. The van der Waals surface area contributed by atoms with E-state index in [1.54, 1.807) is 0 Å². The van der Waals surface area contributed by atoms with E-state index in [2.05, 4.69) is 4.74 Å². The highest BCUT2D eigenvalue weighted by Gasteiger charge is 2.29. The largest absolute Gasteiger partial charge is 0.467 e. The number of carbonyl (C=O) groups excluding carboxylic acids is 1. The molecule has 2 atom stereocenters. The molecule has 1 aromatic rings. The molecule has 0 heterocycles. The summed E-state index contributed by atoms with van der Waals surface area (Å²) in [7, 11) is -0.800. The van der Waals surface area contributed by atoms with Crippen molar-refractivity contribution in [3.63, 3.8) is 0 Å². The SMILES string of the molecule is COC(=O)[C@H](C)OP(=O)(Cc1ccccc1)OC. The van der Waals surface area contributed by atoms with Crippen molar-refractivity contribution in [1.29, 1.82) is 0 Å². The van der Waals surface area contributed by atoms with E-state index in [0.29, 0.717) is 0 Å². The fourth-order valence-corrected chi connectivity index (χ4v) is 2.92. The summed E-state index contributed by atoms with van der Waals surface area (Å²) >= 11 is 0. The number of benzene rings is 1. The van der Waals surface area contributed by atoms with Gasteiger partial charge in [-0.05, 0) is 12.5 Å². The Labute approximate surface area is 107 Å². The van der Waals surface area contributed by atoms with Crippen LogP contribution in [-0.4, -0.2) is 26.3 Å². The fraction of sp³-hybridized carbons (Fsp3) is 0.417. The summed E-state index contributed by atoms with van der Waals surface area (Å²) in [5.41, 5.74) is 0.819. The van der Waals surface area contributed by atoms with Crippen molar-refractivity contribution in [2.24, 2.45) is 0 Å². The minimum atomic E-state index is -3.35. The van der Waals surface area contributed by atoms with Crippen LogP contribution in [0.3, 0.4) is 0 Å². The van der Waals surface area contributed by atoms with Gasteiger partial charge in [0.2, 0.25) is 0 Å². The highest BCUT2D eigenvalue weighted by atomic mass is 31.2. The van der Waals surface area contributed by atoms with Crippen molar-refractivity contribution in [3.05, 3.63) is 35.9 Å². The lowest BCUT2D eigenvalue weighted by Gasteiger charge is -2.19. The summed E-state index contributed by atoms with van der Waals surface area (Å²) < 4.78 is 27.0. The lowest BCUT2D eigenvalue weighted by Crippen LogP contribution is -2.21. The second-order valence-corrected chi connectivity index (χ2v) is 5.82. The summed E-state index contributed by atoms with van der Waals surface area (Å²) in [6.07, 6.45) is -0.810. The molecule has 1 rings (SSSR count). The zero-order valence-corrected chi connectivity index (χ0v) is 11.6. The maximum atomic E-state index is 12.3. The maximum Gasteiger partial charge on any atom is 0.335 e. The van der Waals surface area contributed by atoms with Crippen molar-refractivity contribution >= 4 is 13.6 Å². The Balaban J connectivity index is 2.74. The second kappa shape index (κ2) is 6.69. The molecule has 0 aliphatic carbocycles. The molecule has 0 aromatic heterocycles. The van der Waals surface area contributed by atoms with Crippen LogP contribution < -0.4 is 0 Å². The van der Waals surface area contributed by atoms with Crippen LogP contribution in [0.5, 0.6) is 0 Å². The molecule has 6 heteroatoms.